The van der Waals surface area contributed by atoms with Crippen molar-refractivity contribution in [1.82, 2.24) is 24.5 Å². The lowest BCUT2D eigenvalue weighted by atomic mass is 10.0. The highest BCUT2D eigenvalue weighted by atomic mass is 35.5. The van der Waals surface area contributed by atoms with Crippen molar-refractivity contribution < 1.29 is 0 Å². The molecule has 15 aromatic rings. The van der Waals surface area contributed by atoms with E-state index in [0.29, 0.717) is 22.2 Å². The SMILES string of the molecule is [C-]#[N+]c1ccc(-c2nc3sc4ccccc4c3nc2-n2c3ccccc3c3cc4ccccc4cc32)cc1.[C-]#[N+]c1ccc(-c2nc3sc4ccccc4c3nc2Cl)cc1.c1ccc2c(c1)Cc1cc3ccccc3cc1-2. The van der Waals surface area contributed by atoms with E-state index in [1.54, 1.807) is 34.8 Å². The maximum atomic E-state index is 7.39. The van der Waals surface area contributed by atoms with Gasteiger partial charge in [-0.3, -0.25) is 4.57 Å². The van der Waals surface area contributed by atoms with Gasteiger partial charge in [-0.15, -0.1) is 22.7 Å². The fourth-order valence-corrected chi connectivity index (χ4v) is 12.9. The zero-order valence-electron chi connectivity index (χ0n) is 40.8. The van der Waals surface area contributed by atoms with Crippen LogP contribution >= 0.6 is 34.3 Å². The van der Waals surface area contributed by atoms with Crippen LogP contribution in [0.5, 0.6) is 0 Å². The van der Waals surface area contributed by atoms with Crippen molar-refractivity contribution in [3.05, 3.63) is 258 Å². The fourth-order valence-electron chi connectivity index (χ4n) is 10.6. The molecule has 360 valence electrons. The van der Waals surface area contributed by atoms with Crippen LogP contribution in [-0.2, 0) is 6.42 Å². The molecule has 0 aliphatic heterocycles. The van der Waals surface area contributed by atoms with E-state index in [1.165, 1.54) is 59.3 Å². The van der Waals surface area contributed by atoms with Gasteiger partial charge in [0.15, 0.2) is 22.3 Å². The summed E-state index contributed by atoms with van der Waals surface area (Å²) in [5.41, 5.74) is 14.1. The number of thiophene rings is 2. The number of nitrogens with zero attached hydrogens (tertiary/aromatic N) is 7. The van der Waals surface area contributed by atoms with Gasteiger partial charge in [-0.2, -0.15) is 0 Å². The Labute approximate surface area is 454 Å². The van der Waals surface area contributed by atoms with Crippen molar-refractivity contribution in [3.63, 3.8) is 0 Å². The first-order chi connectivity index (χ1) is 38.0. The fraction of sp³-hybridized carbons (Fsp3) is 0.0149. The summed E-state index contributed by atoms with van der Waals surface area (Å²) < 4.78 is 4.57. The monoisotopic (exact) mass is 1040 g/mol. The quantitative estimate of drug-likeness (QED) is 0.165. The largest absolute Gasteiger partial charge is 0.292 e. The molecule has 1 aliphatic rings. The number of para-hydroxylation sites is 1. The molecule has 0 bridgehead atoms. The average molecular weight is 1040 g/mol. The molecule has 10 aromatic carbocycles. The van der Waals surface area contributed by atoms with E-state index in [1.807, 2.05) is 54.6 Å². The summed E-state index contributed by atoms with van der Waals surface area (Å²) in [5, 5.41) is 10.0. The van der Waals surface area contributed by atoms with Crippen molar-refractivity contribution in [1.29, 1.82) is 0 Å². The summed E-state index contributed by atoms with van der Waals surface area (Å²) in [4.78, 5) is 28.5. The molecule has 0 saturated carbocycles. The second-order valence-corrected chi connectivity index (χ2v) is 21.3. The molecule has 7 nitrogen and oxygen atoms in total. The Balaban J connectivity index is 0.000000117. The van der Waals surface area contributed by atoms with Crippen LogP contribution in [0.25, 0.3) is 133 Å². The summed E-state index contributed by atoms with van der Waals surface area (Å²) in [7, 11) is 0. The predicted molar refractivity (Wildman–Crippen MR) is 322 cm³/mol. The molecular weight excluding hydrogens is 1000 g/mol. The third kappa shape index (κ3) is 8.10. The lowest BCUT2D eigenvalue weighted by molar-refractivity contribution is 1.09. The molecule has 5 aromatic heterocycles. The molecule has 0 radical (unpaired) electrons. The van der Waals surface area contributed by atoms with Crippen LogP contribution in [-0.4, -0.2) is 24.5 Å². The molecule has 0 amide bonds. The van der Waals surface area contributed by atoms with Gasteiger partial charge in [0, 0.05) is 42.1 Å². The summed E-state index contributed by atoms with van der Waals surface area (Å²) in [6.07, 6.45) is 1.08. The van der Waals surface area contributed by atoms with Gasteiger partial charge in [-0.05, 0) is 86.6 Å². The lowest BCUT2D eigenvalue weighted by Gasteiger charge is -2.13. The topological polar surface area (TPSA) is 65.2 Å². The molecule has 10 heteroatoms. The first-order valence-corrected chi connectivity index (χ1v) is 27.0. The number of aromatic nitrogens is 5. The van der Waals surface area contributed by atoms with Gasteiger partial charge in [-0.25, -0.2) is 29.6 Å². The van der Waals surface area contributed by atoms with Crippen LogP contribution in [0.4, 0.5) is 11.4 Å². The molecule has 0 atom stereocenters. The minimum absolute atomic E-state index is 0.381. The van der Waals surface area contributed by atoms with Gasteiger partial charge in [0.1, 0.15) is 32.1 Å². The summed E-state index contributed by atoms with van der Waals surface area (Å²) >= 11 is 9.61. The summed E-state index contributed by atoms with van der Waals surface area (Å²) in [6, 6.07) is 74.8. The molecule has 77 heavy (non-hydrogen) atoms. The predicted octanol–water partition coefficient (Wildman–Crippen LogP) is 19.4. The normalized spacial score (nSPS) is 11.6. The maximum absolute atomic E-state index is 7.39. The zero-order valence-corrected chi connectivity index (χ0v) is 43.2. The molecule has 0 fully saturated rings. The third-order valence-corrected chi connectivity index (χ3v) is 16.7. The van der Waals surface area contributed by atoms with Gasteiger partial charge in [-0.1, -0.05) is 194 Å². The second-order valence-electron chi connectivity index (χ2n) is 18.8. The van der Waals surface area contributed by atoms with Gasteiger partial charge >= 0.3 is 0 Å². The van der Waals surface area contributed by atoms with Crippen LogP contribution in [0.15, 0.2) is 218 Å². The minimum Gasteiger partial charge on any atom is -0.292 e. The van der Waals surface area contributed by atoms with Gasteiger partial charge in [0.05, 0.1) is 24.2 Å². The number of fused-ring (bicyclic) bond motifs is 14. The molecule has 0 saturated heterocycles. The molecule has 0 N–H and O–H groups in total. The van der Waals surface area contributed by atoms with Crippen molar-refractivity contribution in [2.45, 2.75) is 6.42 Å². The second kappa shape index (κ2) is 19.0. The molecule has 16 rings (SSSR count). The Morgan fingerprint density at radius 2 is 0.922 bits per heavy atom. The highest BCUT2D eigenvalue weighted by Gasteiger charge is 2.22. The maximum Gasteiger partial charge on any atom is 0.187 e. The first kappa shape index (κ1) is 46.0. The van der Waals surface area contributed by atoms with E-state index in [9.17, 15) is 0 Å². The van der Waals surface area contributed by atoms with Gasteiger partial charge in [0.25, 0.3) is 0 Å². The standard InChI is InChI=1S/C33H18N4S.C17H8ClN3S.C17H12/c1-34-23-16-14-20(15-17-23)30-32(35-31-25-11-5-7-13-29(25)38-33(31)36-30)37-27-12-6-4-10-24(27)26-18-21-8-2-3-9-22(21)19-28(26)37;1-19-11-8-6-10(7-9-11)14-16(18)20-15-12-4-2-3-5-13(12)22-17(15)21-14;1-2-6-13-11-17-15(9-12(13)5-1)10-14-7-3-4-8-16(14)17/h2-19H;2-9H;1-9,11H,10H2. The molecule has 1 aliphatic carbocycles. The third-order valence-electron chi connectivity index (χ3n) is 14.3. The summed E-state index contributed by atoms with van der Waals surface area (Å²) in [6.45, 7) is 14.4. The van der Waals surface area contributed by atoms with Crippen molar-refractivity contribution >= 4 is 130 Å². The van der Waals surface area contributed by atoms with E-state index in [0.717, 1.165) is 76.3 Å². The van der Waals surface area contributed by atoms with Crippen LogP contribution in [0.3, 0.4) is 0 Å². The first-order valence-electron chi connectivity index (χ1n) is 25.0. The van der Waals surface area contributed by atoms with Crippen LogP contribution in [0.2, 0.25) is 5.15 Å². The van der Waals surface area contributed by atoms with Crippen molar-refractivity contribution in [2.24, 2.45) is 0 Å². The average Bonchev–Trinajstić information content (AvgIpc) is 4.40. The van der Waals surface area contributed by atoms with Gasteiger partial charge in [0.2, 0.25) is 0 Å². The highest BCUT2D eigenvalue weighted by Crippen LogP contribution is 2.42. The number of halogens is 1. The van der Waals surface area contributed by atoms with Crippen LogP contribution < -0.4 is 0 Å². The van der Waals surface area contributed by atoms with Crippen LogP contribution in [0, 0.1) is 13.1 Å². The number of hydrogen-bond acceptors (Lipinski definition) is 6. The molecule has 5 heterocycles. The van der Waals surface area contributed by atoms with E-state index in [-0.39, 0.29) is 0 Å². The summed E-state index contributed by atoms with van der Waals surface area (Å²) in [5.74, 6) is 0.790. The van der Waals surface area contributed by atoms with Gasteiger partial charge < -0.3 is 0 Å². The Hall–Kier alpha value is -9.61. The Kier molecular flexibility index (Phi) is 11.3. The Morgan fingerprint density at radius 3 is 1.57 bits per heavy atom. The molecule has 0 unspecified atom stereocenters. The molecule has 0 spiro atoms. The number of benzene rings is 10. The molecular formula is C67H38ClN7S2. The number of rotatable bonds is 3. The van der Waals surface area contributed by atoms with E-state index >= 15 is 0 Å². The van der Waals surface area contributed by atoms with E-state index in [4.69, 9.17) is 34.7 Å². The Morgan fingerprint density at radius 1 is 0.416 bits per heavy atom. The van der Waals surface area contributed by atoms with Crippen LogP contribution in [0.1, 0.15) is 11.1 Å². The van der Waals surface area contributed by atoms with E-state index < -0.39 is 0 Å². The van der Waals surface area contributed by atoms with Crippen molar-refractivity contribution in [3.8, 4) is 39.5 Å². The smallest absolute Gasteiger partial charge is 0.187 e. The van der Waals surface area contributed by atoms with E-state index in [2.05, 4.69) is 176 Å². The highest BCUT2D eigenvalue weighted by molar-refractivity contribution is 7.25. The Bertz CT molecular complexity index is 4950. The lowest BCUT2D eigenvalue weighted by Crippen LogP contribution is -2.03. The zero-order chi connectivity index (χ0) is 51.6. The number of hydrogen-bond donors (Lipinski definition) is 0. The van der Waals surface area contributed by atoms with Crippen molar-refractivity contribution in [2.75, 3.05) is 0 Å². The minimum atomic E-state index is 0.381.